The third-order valence-electron chi connectivity index (χ3n) is 6.41. The molecule has 1 aliphatic rings. The second-order valence-corrected chi connectivity index (χ2v) is 8.87. The third kappa shape index (κ3) is 4.82. The van der Waals surface area contributed by atoms with Gasteiger partial charge in [0.1, 0.15) is 11.9 Å². The van der Waals surface area contributed by atoms with Gasteiger partial charge in [0.05, 0.1) is 25.5 Å². The molecule has 0 radical (unpaired) electrons. The first kappa shape index (κ1) is 22.2. The Morgan fingerprint density at radius 1 is 1.12 bits per heavy atom. The van der Waals surface area contributed by atoms with E-state index >= 15 is 0 Å². The molecule has 0 spiro atoms. The Labute approximate surface area is 199 Å². The quantitative estimate of drug-likeness (QED) is 0.416. The Morgan fingerprint density at radius 3 is 2.71 bits per heavy atom. The van der Waals surface area contributed by atoms with Crippen LogP contribution in [-0.2, 0) is 17.8 Å². The van der Waals surface area contributed by atoms with Crippen molar-refractivity contribution in [3.63, 3.8) is 0 Å². The Balaban J connectivity index is 1.38. The van der Waals surface area contributed by atoms with Crippen molar-refractivity contribution in [2.24, 2.45) is 0 Å². The SMILES string of the molecule is Cc1[nH]c2ccc(C(=O)N(Cc3ccc(O[C@@H]4CCOC4)cc3)Cc3ccccn3)cc2c1C. The maximum Gasteiger partial charge on any atom is 0.254 e. The van der Waals surface area contributed by atoms with Crippen LogP contribution in [0.4, 0.5) is 0 Å². The number of pyridine rings is 1. The highest BCUT2D eigenvalue weighted by Gasteiger charge is 2.20. The molecule has 0 unspecified atom stereocenters. The summed E-state index contributed by atoms with van der Waals surface area (Å²) in [5.41, 5.74) is 5.90. The van der Waals surface area contributed by atoms with Gasteiger partial charge < -0.3 is 19.4 Å². The van der Waals surface area contributed by atoms with Crippen molar-refractivity contribution in [3.8, 4) is 5.75 Å². The average molecular weight is 456 g/mol. The standard InChI is InChI=1S/C28H29N3O3/c1-19-20(2)30-27-11-8-22(15-26(19)27)28(32)31(17-23-5-3-4-13-29-23)16-21-6-9-24(10-7-21)34-25-12-14-33-18-25/h3-11,13,15,25,30H,12,14,16-18H2,1-2H3/t25-/m1/s1. The number of rotatable bonds is 7. The Hall–Kier alpha value is -3.64. The second-order valence-electron chi connectivity index (χ2n) is 8.87. The molecule has 1 N–H and O–H groups in total. The molecule has 6 nitrogen and oxygen atoms in total. The van der Waals surface area contributed by atoms with Gasteiger partial charge in [-0.3, -0.25) is 9.78 Å². The number of carbonyl (C=O) groups excluding carboxylic acids is 1. The first-order chi connectivity index (χ1) is 16.6. The molecule has 4 aromatic rings. The van der Waals surface area contributed by atoms with Gasteiger partial charge in [0.25, 0.3) is 5.91 Å². The lowest BCUT2D eigenvalue weighted by atomic mass is 10.1. The van der Waals surface area contributed by atoms with Crippen molar-refractivity contribution in [2.45, 2.75) is 39.5 Å². The molecule has 0 bridgehead atoms. The molecular formula is C28H29N3O3. The lowest BCUT2D eigenvalue weighted by Crippen LogP contribution is -2.30. The predicted molar refractivity (Wildman–Crippen MR) is 132 cm³/mol. The van der Waals surface area contributed by atoms with Crippen molar-refractivity contribution in [1.82, 2.24) is 14.9 Å². The van der Waals surface area contributed by atoms with Crippen molar-refractivity contribution in [1.29, 1.82) is 0 Å². The van der Waals surface area contributed by atoms with E-state index in [9.17, 15) is 4.79 Å². The van der Waals surface area contributed by atoms with Crippen LogP contribution in [-0.4, -0.2) is 40.1 Å². The van der Waals surface area contributed by atoms with Crippen LogP contribution >= 0.6 is 0 Å². The van der Waals surface area contributed by atoms with Crippen molar-refractivity contribution in [2.75, 3.05) is 13.2 Å². The third-order valence-corrected chi connectivity index (χ3v) is 6.41. The molecule has 1 saturated heterocycles. The minimum absolute atomic E-state index is 0.0192. The second kappa shape index (κ2) is 9.69. The number of aromatic amines is 1. The molecule has 1 fully saturated rings. The van der Waals surface area contributed by atoms with Gasteiger partial charge in [0.15, 0.2) is 0 Å². The number of ether oxygens (including phenoxy) is 2. The topological polar surface area (TPSA) is 67.5 Å². The monoisotopic (exact) mass is 455 g/mol. The van der Waals surface area contributed by atoms with Gasteiger partial charge in [-0.25, -0.2) is 0 Å². The van der Waals surface area contributed by atoms with E-state index in [1.54, 1.807) is 6.20 Å². The summed E-state index contributed by atoms with van der Waals surface area (Å²) in [7, 11) is 0. The molecule has 5 rings (SSSR count). The number of benzene rings is 2. The van der Waals surface area contributed by atoms with E-state index in [2.05, 4.69) is 23.8 Å². The molecule has 1 aliphatic heterocycles. The molecule has 2 aromatic carbocycles. The molecule has 174 valence electrons. The molecule has 6 heteroatoms. The van der Waals surface area contributed by atoms with Crippen LogP contribution in [0, 0.1) is 13.8 Å². The highest BCUT2D eigenvalue weighted by atomic mass is 16.5. The minimum atomic E-state index is -0.0192. The molecule has 1 atom stereocenters. The summed E-state index contributed by atoms with van der Waals surface area (Å²) in [6.07, 6.45) is 2.79. The van der Waals surface area contributed by atoms with Gasteiger partial charge in [0.2, 0.25) is 0 Å². The van der Waals surface area contributed by atoms with E-state index in [0.29, 0.717) is 25.3 Å². The zero-order valence-corrected chi connectivity index (χ0v) is 19.6. The van der Waals surface area contributed by atoms with Crippen molar-refractivity contribution in [3.05, 3.63) is 94.9 Å². The zero-order valence-electron chi connectivity index (χ0n) is 19.6. The molecule has 1 amide bonds. The number of aryl methyl sites for hydroxylation is 2. The number of amides is 1. The maximum atomic E-state index is 13.7. The van der Waals surface area contributed by atoms with Gasteiger partial charge in [0, 0.05) is 41.3 Å². The number of hydrogen-bond donors (Lipinski definition) is 1. The average Bonchev–Trinajstić information content (AvgIpc) is 3.47. The van der Waals surface area contributed by atoms with Crippen molar-refractivity contribution < 1.29 is 14.3 Å². The molecule has 2 aromatic heterocycles. The normalized spacial score (nSPS) is 15.5. The van der Waals surface area contributed by atoms with Gasteiger partial charge in [-0.1, -0.05) is 18.2 Å². The number of hydrogen-bond acceptors (Lipinski definition) is 4. The van der Waals surface area contributed by atoms with E-state index < -0.39 is 0 Å². The number of carbonyl (C=O) groups is 1. The van der Waals surface area contributed by atoms with E-state index in [1.807, 2.05) is 65.6 Å². The Morgan fingerprint density at radius 2 is 1.97 bits per heavy atom. The van der Waals surface area contributed by atoms with Crippen LogP contribution in [0.25, 0.3) is 10.9 Å². The van der Waals surface area contributed by atoms with Gasteiger partial charge in [-0.15, -0.1) is 0 Å². The number of fused-ring (bicyclic) bond motifs is 1. The van der Waals surface area contributed by atoms with Crippen LogP contribution < -0.4 is 4.74 Å². The van der Waals surface area contributed by atoms with Gasteiger partial charge in [-0.05, 0) is 67.4 Å². The first-order valence-electron chi connectivity index (χ1n) is 11.7. The molecule has 3 heterocycles. The molecule has 0 aliphatic carbocycles. The summed E-state index contributed by atoms with van der Waals surface area (Å²) in [6.45, 7) is 6.43. The number of H-pyrrole nitrogens is 1. The summed E-state index contributed by atoms with van der Waals surface area (Å²) in [4.78, 5) is 23.3. The van der Waals surface area contributed by atoms with Crippen LogP contribution in [0.15, 0.2) is 66.9 Å². The Bertz CT molecular complexity index is 1280. The summed E-state index contributed by atoms with van der Waals surface area (Å²) in [5.74, 6) is 0.805. The van der Waals surface area contributed by atoms with E-state index in [4.69, 9.17) is 9.47 Å². The smallest absolute Gasteiger partial charge is 0.254 e. The predicted octanol–water partition coefficient (Wildman–Crippen LogP) is 5.19. The minimum Gasteiger partial charge on any atom is -0.488 e. The van der Waals surface area contributed by atoms with Crippen LogP contribution in [0.5, 0.6) is 5.75 Å². The fourth-order valence-corrected chi connectivity index (χ4v) is 4.36. The van der Waals surface area contributed by atoms with Crippen LogP contribution in [0.3, 0.4) is 0 Å². The van der Waals surface area contributed by atoms with Crippen molar-refractivity contribution >= 4 is 16.8 Å². The summed E-state index contributed by atoms with van der Waals surface area (Å²) >= 11 is 0. The summed E-state index contributed by atoms with van der Waals surface area (Å²) in [6, 6.07) is 19.6. The first-order valence-corrected chi connectivity index (χ1v) is 11.7. The lowest BCUT2D eigenvalue weighted by molar-refractivity contribution is 0.0728. The summed E-state index contributed by atoms with van der Waals surface area (Å²) < 4.78 is 11.4. The van der Waals surface area contributed by atoms with Crippen LogP contribution in [0.1, 0.15) is 39.3 Å². The number of aromatic nitrogens is 2. The molecule has 34 heavy (non-hydrogen) atoms. The fraction of sp³-hybridized carbons (Fsp3) is 0.286. The van der Waals surface area contributed by atoms with Crippen LogP contribution in [0.2, 0.25) is 0 Å². The van der Waals surface area contributed by atoms with E-state index in [-0.39, 0.29) is 12.0 Å². The summed E-state index contributed by atoms with van der Waals surface area (Å²) in [5, 5.41) is 1.08. The largest absolute Gasteiger partial charge is 0.488 e. The lowest BCUT2D eigenvalue weighted by Gasteiger charge is -2.23. The Kier molecular flexibility index (Phi) is 6.32. The maximum absolute atomic E-state index is 13.7. The highest BCUT2D eigenvalue weighted by molar-refractivity contribution is 5.99. The fourth-order valence-electron chi connectivity index (χ4n) is 4.36. The van der Waals surface area contributed by atoms with E-state index in [1.165, 1.54) is 5.56 Å². The van der Waals surface area contributed by atoms with Gasteiger partial charge >= 0.3 is 0 Å². The van der Waals surface area contributed by atoms with E-state index in [0.717, 1.165) is 46.6 Å². The highest BCUT2D eigenvalue weighted by Crippen LogP contribution is 2.24. The van der Waals surface area contributed by atoms with Gasteiger partial charge in [-0.2, -0.15) is 0 Å². The molecular weight excluding hydrogens is 426 g/mol. The zero-order chi connectivity index (χ0) is 23.5. The number of nitrogens with one attached hydrogen (secondary N) is 1. The number of nitrogens with zero attached hydrogens (tertiary/aromatic N) is 2. The molecule has 0 saturated carbocycles.